The number of hydrogen-bond donors (Lipinski definition) is 0. The molecule has 1 aromatic rings. The Morgan fingerprint density at radius 2 is 2.31 bits per heavy atom. The van der Waals surface area contributed by atoms with Crippen LogP contribution in [0, 0.1) is 11.3 Å². The fourth-order valence-electron chi connectivity index (χ4n) is 1.71. The predicted molar refractivity (Wildman–Crippen MR) is 63.6 cm³/mol. The quantitative estimate of drug-likeness (QED) is 0.730. The first kappa shape index (κ1) is 11.0. The molecule has 0 radical (unpaired) electrons. The number of nitrogens with zero attached hydrogens (tertiary/aromatic N) is 1. The van der Waals surface area contributed by atoms with Gasteiger partial charge in [-0.1, -0.05) is 17.7 Å². The zero-order valence-electron chi connectivity index (χ0n) is 8.82. The lowest BCUT2D eigenvalue weighted by Crippen LogP contribution is -2.15. The van der Waals surface area contributed by atoms with Crippen molar-refractivity contribution in [1.82, 2.24) is 0 Å². The van der Waals surface area contributed by atoms with E-state index in [2.05, 4.69) is 12.2 Å². The molecule has 1 atom stereocenters. The minimum Gasteiger partial charge on any atom is -0.486 e. The van der Waals surface area contributed by atoms with Crippen molar-refractivity contribution in [2.45, 2.75) is 25.4 Å². The van der Waals surface area contributed by atoms with Gasteiger partial charge in [0.1, 0.15) is 17.9 Å². The summed E-state index contributed by atoms with van der Waals surface area (Å²) in [5.41, 5.74) is 0.480. The summed E-state index contributed by atoms with van der Waals surface area (Å²) >= 11 is 5.93. The van der Waals surface area contributed by atoms with E-state index < -0.39 is 0 Å². The summed E-state index contributed by atoms with van der Waals surface area (Å²) in [6, 6.07) is 7.19. The van der Waals surface area contributed by atoms with E-state index >= 15 is 0 Å². The molecule has 0 N–H and O–H groups in total. The van der Waals surface area contributed by atoms with Gasteiger partial charge in [0, 0.05) is 6.07 Å². The summed E-state index contributed by atoms with van der Waals surface area (Å²) < 4.78 is 5.75. The highest BCUT2D eigenvalue weighted by molar-refractivity contribution is 6.31. The number of halogens is 1. The van der Waals surface area contributed by atoms with Crippen LogP contribution < -0.4 is 4.74 Å². The minimum atomic E-state index is 0.137. The maximum Gasteiger partial charge on any atom is 0.121 e. The number of ether oxygens (including phenoxy) is 1. The number of nitriles is 1. The molecule has 82 valence electrons. The van der Waals surface area contributed by atoms with Crippen LogP contribution in [-0.4, -0.2) is 6.10 Å². The Kier molecular flexibility index (Phi) is 3.48. The van der Waals surface area contributed by atoms with Crippen LogP contribution in [0.4, 0.5) is 0 Å². The molecule has 0 bridgehead atoms. The fraction of sp³-hybridized carbons (Fsp3) is 0.308. The van der Waals surface area contributed by atoms with Crippen LogP contribution >= 0.6 is 11.6 Å². The minimum absolute atomic E-state index is 0.137. The van der Waals surface area contributed by atoms with Gasteiger partial charge in [0.2, 0.25) is 0 Å². The van der Waals surface area contributed by atoms with Gasteiger partial charge in [0.05, 0.1) is 10.6 Å². The third-order valence-electron chi connectivity index (χ3n) is 2.56. The molecule has 0 spiro atoms. The normalized spacial score (nSPS) is 19.1. The van der Waals surface area contributed by atoms with Crippen molar-refractivity contribution in [3.8, 4) is 11.8 Å². The Balaban J connectivity index is 2.10. The Morgan fingerprint density at radius 3 is 2.94 bits per heavy atom. The van der Waals surface area contributed by atoms with Gasteiger partial charge in [0.25, 0.3) is 0 Å². The number of benzene rings is 1. The lowest BCUT2D eigenvalue weighted by atomic mass is 10.1. The summed E-state index contributed by atoms with van der Waals surface area (Å²) in [4.78, 5) is 0. The van der Waals surface area contributed by atoms with Gasteiger partial charge < -0.3 is 4.74 Å². The Hall–Kier alpha value is -1.46. The highest BCUT2D eigenvalue weighted by Crippen LogP contribution is 2.24. The smallest absolute Gasteiger partial charge is 0.121 e. The molecule has 0 aliphatic heterocycles. The van der Waals surface area contributed by atoms with Crippen molar-refractivity contribution in [1.29, 1.82) is 5.26 Å². The summed E-state index contributed by atoms with van der Waals surface area (Å²) in [7, 11) is 0. The lowest BCUT2D eigenvalue weighted by molar-refractivity contribution is 0.230. The first-order valence-corrected chi connectivity index (χ1v) is 5.70. The van der Waals surface area contributed by atoms with E-state index in [1.807, 2.05) is 6.07 Å². The van der Waals surface area contributed by atoms with Crippen molar-refractivity contribution in [2.24, 2.45) is 0 Å². The fourth-order valence-corrected chi connectivity index (χ4v) is 1.93. The molecule has 0 saturated carbocycles. The molecular weight excluding hydrogens is 222 g/mol. The highest BCUT2D eigenvalue weighted by Gasteiger charge is 2.10. The van der Waals surface area contributed by atoms with Crippen molar-refractivity contribution in [3.05, 3.63) is 40.9 Å². The molecule has 16 heavy (non-hydrogen) atoms. The van der Waals surface area contributed by atoms with Crippen LogP contribution in [0.1, 0.15) is 24.8 Å². The van der Waals surface area contributed by atoms with Crippen molar-refractivity contribution < 1.29 is 4.74 Å². The van der Waals surface area contributed by atoms with Gasteiger partial charge in [0.15, 0.2) is 0 Å². The number of allylic oxidation sites excluding steroid dienone is 1. The summed E-state index contributed by atoms with van der Waals surface area (Å²) in [5, 5.41) is 9.19. The standard InChI is InChI=1S/C13H12ClNO/c14-13-8-12(7-6-10(13)9-15)16-11-4-2-1-3-5-11/h2,4,6-8,11H,1,3,5H2/t11-/m1/s1. The summed E-state index contributed by atoms with van der Waals surface area (Å²) in [6.45, 7) is 0. The molecule has 0 amide bonds. The number of hydrogen-bond acceptors (Lipinski definition) is 2. The van der Waals surface area contributed by atoms with Crippen LogP contribution in [0.25, 0.3) is 0 Å². The summed E-state index contributed by atoms with van der Waals surface area (Å²) in [6.07, 6.45) is 7.68. The third kappa shape index (κ3) is 2.56. The Bertz CT molecular complexity index is 448. The van der Waals surface area contributed by atoms with Crippen LogP contribution in [-0.2, 0) is 0 Å². The topological polar surface area (TPSA) is 33.0 Å². The predicted octanol–water partition coefficient (Wildman–Crippen LogP) is 3.70. The maximum absolute atomic E-state index is 8.74. The van der Waals surface area contributed by atoms with Crippen molar-refractivity contribution in [2.75, 3.05) is 0 Å². The average Bonchev–Trinajstić information content (AvgIpc) is 2.31. The van der Waals surface area contributed by atoms with Crippen LogP contribution in [0.2, 0.25) is 5.02 Å². The summed E-state index contributed by atoms with van der Waals surface area (Å²) in [5.74, 6) is 0.723. The second kappa shape index (κ2) is 5.05. The first-order valence-electron chi connectivity index (χ1n) is 5.32. The maximum atomic E-state index is 8.74. The van der Waals surface area contributed by atoms with Gasteiger partial charge in [-0.05, 0) is 37.5 Å². The molecular formula is C13H12ClNO. The van der Waals surface area contributed by atoms with E-state index in [0.29, 0.717) is 10.6 Å². The monoisotopic (exact) mass is 233 g/mol. The van der Waals surface area contributed by atoms with E-state index in [1.165, 1.54) is 0 Å². The molecule has 0 aromatic heterocycles. The largest absolute Gasteiger partial charge is 0.486 e. The van der Waals surface area contributed by atoms with E-state index in [0.717, 1.165) is 25.0 Å². The van der Waals surface area contributed by atoms with Crippen molar-refractivity contribution >= 4 is 11.6 Å². The molecule has 1 aliphatic rings. The molecule has 0 saturated heterocycles. The van der Waals surface area contributed by atoms with Crippen LogP contribution in [0.15, 0.2) is 30.4 Å². The van der Waals surface area contributed by atoms with Crippen LogP contribution in [0.3, 0.4) is 0 Å². The second-order valence-electron chi connectivity index (χ2n) is 3.77. The van der Waals surface area contributed by atoms with Gasteiger partial charge in [-0.3, -0.25) is 0 Å². The van der Waals surface area contributed by atoms with E-state index in [9.17, 15) is 0 Å². The molecule has 2 nitrogen and oxygen atoms in total. The molecule has 1 aliphatic carbocycles. The van der Waals surface area contributed by atoms with Crippen molar-refractivity contribution in [3.63, 3.8) is 0 Å². The third-order valence-corrected chi connectivity index (χ3v) is 2.87. The Morgan fingerprint density at radius 1 is 1.44 bits per heavy atom. The highest BCUT2D eigenvalue weighted by atomic mass is 35.5. The van der Waals surface area contributed by atoms with Gasteiger partial charge in [-0.25, -0.2) is 0 Å². The molecule has 0 heterocycles. The van der Waals surface area contributed by atoms with E-state index in [4.69, 9.17) is 21.6 Å². The second-order valence-corrected chi connectivity index (χ2v) is 4.18. The van der Waals surface area contributed by atoms with E-state index in [-0.39, 0.29) is 6.10 Å². The van der Waals surface area contributed by atoms with Gasteiger partial charge in [-0.15, -0.1) is 0 Å². The lowest BCUT2D eigenvalue weighted by Gasteiger charge is -2.18. The molecule has 2 rings (SSSR count). The van der Waals surface area contributed by atoms with Crippen LogP contribution in [0.5, 0.6) is 5.75 Å². The zero-order chi connectivity index (χ0) is 11.4. The molecule has 0 unspecified atom stereocenters. The molecule has 1 aromatic carbocycles. The average molecular weight is 234 g/mol. The zero-order valence-corrected chi connectivity index (χ0v) is 9.57. The first-order chi connectivity index (χ1) is 7.79. The SMILES string of the molecule is N#Cc1ccc(O[C@@H]2C=CCCC2)cc1Cl. The van der Waals surface area contributed by atoms with E-state index in [1.54, 1.807) is 18.2 Å². The van der Waals surface area contributed by atoms with Gasteiger partial charge in [-0.2, -0.15) is 5.26 Å². The number of rotatable bonds is 2. The Labute approximate surface area is 100 Å². The molecule has 0 fully saturated rings. The van der Waals surface area contributed by atoms with Gasteiger partial charge >= 0.3 is 0 Å². The molecule has 3 heteroatoms.